The van der Waals surface area contributed by atoms with Crippen molar-refractivity contribution in [1.82, 2.24) is 40.4 Å². The molecule has 4 aromatic rings. The summed E-state index contributed by atoms with van der Waals surface area (Å²) in [7, 11) is 2.59. The third-order valence-electron chi connectivity index (χ3n) is 12.8. The van der Waals surface area contributed by atoms with Crippen molar-refractivity contribution in [3.05, 3.63) is 59.4 Å². The summed E-state index contributed by atoms with van der Waals surface area (Å²) in [5.41, 5.74) is 6.72. The molecule has 4 N–H and O–H groups in total. The van der Waals surface area contributed by atoms with Crippen LogP contribution in [0.4, 0.5) is 9.59 Å². The van der Waals surface area contributed by atoms with E-state index in [-0.39, 0.29) is 41.1 Å². The Hall–Kier alpha value is -6.06. The van der Waals surface area contributed by atoms with Gasteiger partial charge in [-0.1, -0.05) is 67.5 Å². The lowest BCUT2D eigenvalue weighted by Crippen LogP contribution is -2.51. The third kappa shape index (κ3) is 9.81. The first-order valence-electron chi connectivity index (χ1n) is 23.1. The van der Waals surface area contributed by atoms with Gasteiger partial charge >= 0.3 is 12.2 Å². The fourth-order valence-corrected chi connectivity index (χ4v) is 9.16. The van der Waals surface area contributed by atoms with Crippen LogP contribution in [0.15, 0.2) is 36.4 Å². The molecule has 3 aliphatic heterocycles. The molecule has 0 aliphatic carbocycles. The molecule has 2 fully saturated rings. The van der Waals surface area contributed by atoms with Crippen LogP contribution >= 0.6 is 0 Å². The average molecular weight is 895 g/mol. The van der Waals surface area contributed by atoms with Gasteiger partial charge in [-0.2, -0.15) is 0 Å². The van der Waals surface area contributed by atoms with Gasteiger partial charge in [0.25, 0.3) is 0 Å². The van der Waals surface area contributed by atoms with E-state index >= 15 is 0 Å². The van der Waals surface area contributed by atoms with Crippen LogP contribution in [0, 0.1) is 17.3 Å². The Balaban J connectivity index is 1.20. The summed E-state index contributed by atoms with van der Waals surface area (Å²) in [5.74, 6) is 2.27. The fourth-order valence-electron chi connectivity index (χ4n) is 9.16. The summed E-state index contributed by atoms with van der Waals surface area (Å²) in [6.45, 7) is 18.0. The van der Waals surface area contributed by atoms with E-state index < -0.39 is 24.3 Å². The summed E-state index contributed by atoms with van der Waals surface area (Å²) in [5, 5.41) is 5.47. The number of aryl methyl sites for hydroxylation is 2. The molecule has 2 saturated heterocycles. The molecule has 65 heavy (non-hydrogen) atoms. The van der Waals surface area contributed by atoms with Gasteiger partial charge in [0.15, 0.2) is 0 Å². The van der Waals surface area contributed by atoms with E-state index in [9.17, 15) is 19.2 Å². The molecule has 0 radical (unpaired) electrons. The smallest absolute Gasteiger partial charge is 0.407 e. The number of hydrogen-bond donors (Lipinski definition) is 4. The Morgan fingerprint density at radius 3 is 1.46 bits per heavy atom. The maximum atomic E-state index is 13.9. The first-order chi connectivity index (χ1) is 31.1. The first-order valence-corrected chi connectivity index (χ1v) is 23.1. The number of nitrogens with zero attached hydrogens (tertiary/aromatic N) is 4. The molecule has 4 atom stereocenters. The molecule has 4 amide bonds. The minimum atomic E-state index is -0.724. The molecule has 16 heteroatoms. The number of ether oxygens (including phenoxy) is 4. The Labute approximate surface area is 381 Å². The van der Waals surface area contributed by atoms with Crippen molar-refractivity contribution in [2.75, 3.05) is 40.5 Å². The number of benzene rings is 2. The van der Waals surface area contributed by atoms with Crippen molar-refractivity contribution < 1.29 is 38.1 Å². The van der Waals surface area contributed by atoms with Crippen LogP contribution in [-0.4, -0.2) is 106 Å². The van der Waals surface area contributed by atoms with E-state index in [1.54, 1.807) is 0 Å². The monoisotopic (exact) mass is 895 g/mol. The van der Waals surface area contributed by atoms with Crippen LogP contribution < -0.4 is 20.1 Å². The van der Waals surface area contributed by atoms with Gasteiger partial charge in [0.05, 0.1) is 50.9 Å². The summed E-state index contributed by atoms with van der Waals surface area (Å²) in [4.78, 5) is 73.3. The molecule has 2 aromatic carbocycles. The number of methoxy groups -OCH3 is 2. The van der Waals surface area contributed by atoms with Gasteiger partial charge in [0, 0.05) is 52.1 Å². The number of hydrogen-bond acceptors (Lipinski definition) is 10. The zero-order valence-corrected chi connectivity index (χ0v) is 39.6. The molecular formula is C49H66N8O8. The largest absolute Gasteiger partial charge is 0.492 e. The second-order valence-corrected chi connectivity index (χ2v) is 18.9. The molecule has 1 unspecified atom stereocenters. The van der Waals surface area contributed by atoms with Crippen LogP contribution in [0.3, 0.4) is 0 Å². The number of amides is 4. The van der Waals surface area contributed by atoms with Gasteiger partial charge in [-0.05, 0) is 74.6 Å². The van der Waals surface area contributed by atoms with Crippen LogP contribution in [0.2, 0.25) is 0 Å². The van der Waals surface area contributed by atoms with Gasteiger partial charge in [0.1, 0.15) is 35.2 Å². The third-order valence-corrected chi connectivity index (χ3v) is 12.8. The van der Waals surface area contributed by atoms with Crippen molar-refractivity contribution in [2.24, 2.45) is 17.3 Å². The quantitative estimate of drug-likeness (QED) is 0.108. The molecule has 0 spiro atoms. The number of imidazole rings is 2. The second-order valence-electron chi connectivity index (χ2n) is 18.9. The van der Waals surface area contributed by atoms with E-state index in [0.717, 1.165) is 82.4 Å². The number of aromatic amines is 2. The predicted molar refractivity (Wildman–Crippen MR) is 246 cm³/mol. The lowest BCUT2D eigenvalue weighted by molar-refractivity contribution is -0.136. The van der Waals surface area contributed by atoms with Gasteiger partial charge in [-0.3, -0.25) is 9.59 Å². The number of rotatable bonds is 12. The van der Waals surface area contributed by atoms with E-state index in [1.165, 1.54) is 14.2 Å². The summed E-state index contributed by atoms with van der Waals surface area (Å²) >= 11 is 0. The number of nitrogens with one attached hydrogen (secondary N) is 4. The lowest BCUT2D eigenvalue weighted by atomic mass is 9.96. The van der Waals surface area contributed by atoms with E-state index in [1.807, 2.05) is 37.5 Å². The molecule has 350 valence electrons. The molecule has 0 bridgehead atoms. The van der Waals surface area contributed by atoms with Crippen molar-refractivity contribution >= 4 is 24.0 Å². The summed E-state index contributed by atoms with van der Waals surface area (Å²) in [6.07, 6.45) is 3.26. The highest BCUT2D eigenvalue weighted by molar-refractivity contribution is 5.87. The van der Waals surface area contributed by atoms with E-state index in [4.69, 9.17) is 28.9 Å². The fraction of sp³-hybridized carbons (Fsp3) is 0.551. The highest BCUT2D eigenvalue weighted by Crippen LogP contribution is 2.44. The molecule has 16 nitrogen and oxygen atoms in total. The van der Waals surface area contributed by atoms with E-state index in [0.29, 0.717) is 50.6 Å². The van der Waals surface area contributed by atoms with Crippen LogP contribution in [0.25, 0.3) is 33.6 Å². The molecule has 3 aliphatic rings. The zero-order chi connectivity index (χ0) is 46.7. The van der Waals surface area contributed by atoms with Gasteiger partial charge in [-0.15, -0.1) is 0 Å². The summed E-state index contributed by atoms with van der Waals surface area (Å²) < 4.78 is 23.0. The van der Waals surface area contributed by atoms with Crippen LogP contribution in [0.5, 0.6) is 11.5 Å². The SMILES string of the molecule is CCc1[nH]c([C@@H]2CCCN2C(=O)C(NC(=O)OC)C(C)C)nc1-c1ccc2c(c1)OCC(C)(C)COc1cc(-c3nc([C@@H]4CCCN4C(=O)[C@@H](NC(=O)OC)C(C)C)[nH]c3CC)ccc1-2. The molecule has 2 aromatic heterocycles. The van der Waals surface area contributed by atoms with E-state index in [2.05, 4.69) is 84.7 Å². The topological polar surface area (TPSA) is 193 Å². The zero-order valence-electron chi connectivity index (χ0n) is 39.6. The number of likely N-dealkylation sites (tertiary alicyclic amines) is 2. The normalized spacial score (nSPS) is 19.0. The Morgan fingerprint density at radius 1 is 0.708 bits per heavy atom. The van der Waals surface area contributed by atoms with Gasteiger partial charge in [0.2, 0.25) is 11.8 Å². The van der Waals surface area contributed by atoms with Gasteiger partial charge < -0.3 is 49.3 Å². The van der Waals surface area contributed by atoms with Crippen LogP contribution in [0.1, 0.15) is 116 Å². The molecule has 5 heterocycles. The Bertz CT molecular complexity index is 2220. The highest BCUT2D eigenvalue weighted by atomic mass is 16.5. The van der Waals surface area contributed by atoms with Gasteiger partial charge in [-0.25, -0.2) is 19.6 Å². The standard InChI is InChI=1S/C49H66N8O8/c1-11-33-41(52-43(50-33)35-15-13-21-56(35)45(58)39(27(3)4)54-47(60)62-9)29-17-19-31-32-20-18-30(24-38(32)65-26-49(7,8)25-64-37(31)23-29)42-34(12-2)51-44(53-42)36-16-14-22-57(36)46(59)40(28(5)6)55-48(61)63-10/h17-20,23-24,27-28,35-36,39-40H,11-16,21-22,25-26H2,1-10H3,(H,50,52)(H,51,53)(H,54,60)(H,55,61)/t35-,36-,39-,40?/m0/s1. The number of H-pyrrole nitrogens is 2. The number of aromatic nitrogens is 4. The number of alkyl carbamates (subject to hydrolysis) is 2. The average Bonchev–Trinajstić information content (AvgIpc) is 4.13. The molecular weight excluding hydrogens is 829 g/mol. The maximum absolute atomic E-state index is 13.9. The first kappa shape index (κ1) is 46.9. The van der Waals surface area contributed by atoms with Crippen molar-refractivity contribution in [2.45, 2.75) is 118 Å². The highest BCUT2D eigenvalue weighted by Gasteiger charge is 2.40. The lowest BCUT2D eigenvalue weighted by Gasteiger charge is -2.30. The van der Waals surface area contributed by atoms with Crippen LogP contribution in [-0.2, 0) is 31.9 Å². The molecule has 0 saturated carbocycles. The van der Waals surface area contributed by atoms with Crippen molar-refractivity contribution in [3.8, 4) is 45.1 Å². The second kappa shape index (κ2) is 19.6. The number of carbonyl (C=O) groups is 4. The maximum Gasteiger partial charge on any atom is 0.407 e. The molecule has 7 rings (SSSR count). The minimum Gasteiger partial charge on any atom is -0.492 e. The Kier molecular flexibility index (Phi) is 14.1. The number of carbonyl (C=O) groups excluding carboxylic acids is 4. The minimum absolute atomic E-state index is 0.136. The van der Waals surface area contributed by atoms with Crippen molar-refractivity contribution in [3.63, 3.8) is 0 Å². The number of fused-ring (bicyclic) bond motifs is 3. The predicted octanol–water partition coefficient (Wildman–Crippen LogP) is 8.14. The Morgan fingerprint density at radius 2 is 1.11 bits per heavy atom. The van der Waals surface area contributed by atoms with Crippen molar-refractivity contribution in [1.29, 1.82) is 0 Å². The summed E-state index contributed by atoms with van der Waals surface area (Å²) in [6, 6.07) is 10.4.